The summed E-state index contributed by atoms with van der Waals surface area (Å²) in [7, 11) is 0. The molecule has 0 aliphatic rings. The average molecular weight is 221 g/mol. The second kappa shape index (κ2) is 6.14. The summed E-state index contributed by atoms with van der Waals surface area (Å²) in [5.41, 5.74) is -0.497. The van der Waals surface area contributed by atoms with Gasteiger partial charge >= 0.3 is 6.09 Å². The third-order valence-electron chi connectivity index (χ3n) is 1.31. The highest BCUT2D eigenvalue weighted by Gasteiger charge is 2.18. The SMILES string of the molecule is CSC[C@H](CO)NC(=O)OC(C)(C)C. The molecule has 0 fully saturated rings. The molecular formula is C9H19NO3S. The van der Waals surface area contributed by atoms with E-state index in [1.165, 1.54) is 0 Å². The summed E-state index contributed by atoms with van der Waals surface area (Å²) in [6, 6.07) is -0.236. The number of aliphatic hydroxyl groups is 1. The number of alkyl carbamates (subject to hydrolysis) is 1. The Bertz CT molecular complexity index is 179. The van der Waals surface area contributed by atoms with Crippen molar-refractivity contribution in [3.63, 3.8) is 0 Å². The van der Waals surface area contributed by atoms with E-state index in [-0.39, 0.29) is 12.6 Å². The first-order valence-corrected chi connectivity index (χ1v) is 5.87. The molecule has 1 amide bonds. The topological polar surface area (TPSA) is 58.6 Å². The van der Waals surface area contributed by atoms with Gasteiger partial charge in [0.1, 0.15) is 5.60 Å². The average Bonchev–Trinajstić information content (AvgIpc) is 2.00. The lowest BCUT2D eigenvalue weighted by Gasteiger charge is -2.22. The van der Waals surface area contributed by atoms with Crippen LogP contribution >= 0.6 is 11.8 Å². The van der Waals surface area contributed by atoms with Gasteiger partial charge in [-0.1, -0.05) is 0 Å². The van der Waals surface area contributed by atoms with Crippen molar-refractivity contribution in [2.24, 2.45) is 0 Å². The number of carbonyl (C=O) groups excluding carboxylic acids is 1. The van der Waals surface area contributed by atoms with Gasteiger partial charge in [-0.2, -0.15) is 11.8 Å². The van der Waals surface area contributed by atoms with Gasteiger partial charge in [-0.05, 0) is 27.0 Å². The number of nitrogens with one attached hydrogen (secondary N) is 1. The number of ether oxygens (including phenoxy) is 1. The lowest BCUT2D eigenvalue weighted by atomic mass is 10.2. The van der Waals surface area contributed by atoms with E-state index in [0.29, 0.717) is 5.75 Å². The maximum absolute atomic E-state index is 11.2. The van der Waals surface area contributed by atoms with E-state index in [4.69, 9.17) is 9.84 Å². The zero-order chi connectivity index (χ0) is 11.2. The molecule has 0 aromatic heterocycles. The van der Waals surface area contributed by atoms with Crippen molar-refractivity contribution >= 4 is 17.9 Å². The van der Waals surface area contributed by atoms with Crippen LogP contribution in [0.3, 0.4) is 0 Å². The first-order valence-electron chi connectivity index (χ1n) is 4.48. The minimum absolute atomic E-state index is 0.0694. The molecule has 5 heteroatoms. The number of hydrogen-bond acceptors (Lipinski definition) is 4. The van der Waals surface area contributed by atoms with Crippen molar-refractivity contribution in [3.8, 4) is 0 Å². The number of carbonyl (C=O) groups is 1. The monoisotopic (exact) mass is 221 g/mol. The van der Waals surface area contributed by atoms with E-state index in [0.717, 1.165) is 0 Å². The Morgan fingerprint density at radius 1 is 1.57 bits per heavy atom. The van der Waals surface area contributed by atoms with Crippen LogP contribution in [0.25, 0.3) is 0 Å². The summed E-state index contributed by atoms with van der Waals surface area (Å²) in [6.45, 7) is 5.33. The molecule has 0 spiro atoms. The zero-order valence-electron chi connectivity index (χ0n) is 9.16. The molecule has 0 unspecified atom stereocenters. The number of amides is 1. The molecule has 0 aromatic rings. The largest absolute Gasteiger partial charge is 0.444 e. The van der Waals surface area contributed by atoms with E-state index in [1.807, 2.05) is 6.26 Å². The smallest absolute Gasteiger partial charge is 0.407 e. The van der Waals surface area contributed by atoms with Crippen LogP contribution < -0.4 is 5.32 Å². The molecular weight excluding hydrogens is 202 g/mol. The van der Waals surface area contributed by atoms with Gasteiger partial charge in [0.15, 0.2) is 0 Å². The molecule has 0 aliphatic heterocycles. The molecule has 0 saturated carbocycles. The molecule has 0 aromatic carbocycles. The Kier molecular flexibility index (Phi) is 5.95. The van der Waals surface area contributed by atoms with Crippen LogP contribution in [0.2, 0.25) is 0 Å². The summed E-state index contributed by atoms with van der Waals surface area (Å²) < 4.78 is 5.05. The lowest BCUT2D eigenvalue weighted by molar-refractivity contribution is 0.0491. The second-order valence-electron chi connectivity index (χ2n) is 3.98. The van der Waals surface area contributed by atoms with Gasteiger partial charge in [0.25, 0.3) is 0 Å². The number of thioether (sulfide) groups is 1. The summed E-state index contributed by atoms with van der Waals surface area (Å²) >= 11 is 1.56. The number of rotatable bonds is 4. The lowest BCUT2D eigenvalue weighted by Crippen LogP contribution is -2.42. The maximum atomic E-state index is 11.2. The van der Waals surface area contributed by atoms with Gasteiger partial charge in [0.05, 0.1) is 12.6 Å². The fraction of sp³-hybridized carbons (Fsp3) is 0.889. The van der Waals surface area contributed by atoms with E-state index < -0.39 is 11.7 Å². The third kappa shape index (κ3) is 7.03. The highest BCUT2D eigenvalue weighted by molar-refractivity contribution is 7.98. The molecule has 0 rings (SSSR count). The zero-order valence-corrected chi connectivity index (χ0v) is 9.98. The van der Waals surface area contributed by atoms with Crippen LogP contribution in [0, 0.1) is 0 Å². The van der Waals surface area contributed by atoms with Gasteiger partial charge in [-0.25, -0.2) is 4.79 Å². The van der Waals surface area contributed by atoms with Crippen molar-refractivity contribution in [1.29, 1.82) is 0 Å². The summed E-state index contributed by atoms with van der Waals surface area (Å²) in [5, 5.41) is 11.5. The molecule has 0 bridgehead atoms. The molecule has 0 aliphatic carbocycles. The number of aliphatic hydroxyl groups excluding tert-OH is 1. The molecule has 4 nitrogen and oxygen atoms in total. The third-order valence-corrected chi connectivity index (χ3v) is 2.04. The van der Waals surface area contributed by atoms with E-state index in [1.54, 1.807) is 32.5 Å². The molecule has 1 atom stereocenters. The van der Waals surface area contributed by atoms with Gasteiger partial charge in [0.2, 0.25) is 0 Å². The van der Waals surface area contributed by atoms with Gasteiger partial charge < -0.3 is 15.2 Å². The first-order chi connectivity index (χ1) is 6.39. The molecule has 0 heterocycles. The van der Waals surface area contributed by atoms with Crippen LogP contribution in [0.5, 0.6) is 0 Å². The molecule has 14 heavy (non-hydrogen) atoms. The Labute approximate surface area is 89.4 Å². The van der Waals surface area contributed by atoms with Crippen molar-refractivity contribution in [1.82, 2.24) is 5.32 Å². The number of hydrogen-bond donors (Lipinski definition) is 2. The Balaban J connectivity index is 3.91. The Hall–Kier alpha value is -0.420. The van der Waals surface area contributed by atoms with Crippen LogP contribution in [0.1, 0.15) is 20.8 Å². The quantitative estimate of drug-likeness (QED) is 0.750. The van der Waals surface area contributed by atoms with Gasteiger partial charge in [0, 0.05) is 5.75 Å². The normalized spacial score (nSPS) is 13.5. The predicted octanol–water partition coefficient (Wildman–Crippen LogP) is 1.24. The van der Waals surface area contributed by atoms with Crippen molar-refractivity contribution in [2.45, 2.75) is 32.4 Å². The summed E-state index contributed by atoms with van der Waals surface area (Å²) in [4.78, 5) is 11.2. The van der Waals surface area contributed by atoms with Crippen LogP contribution in [-0.4, -0.2) is 41.5 Å². The fourth-order valence-electron chi connectivity index (χ4n) is 0.815. The molecule has 2 N–H and O–H groups in total. The van der Waals surface area contributed by atoms with Gasteiger partial charge in [-0.15, -0.1) is 0 Å². The van der Waals surface area contributed by atoms with E-state index in [2.05, 4.69) is 5.32 Å². The summed E-state index contributed by atoms with van der Waals surface area (Å²) in [6.07, 6.45) is 1.44. The minimum Gasteiger partial charge on any atom is -0.444 e. The van der Waals surface area contributed by atoms with Crippen molar-refractivity contribution in [3.05, 3.63) is 0 Å². The molecule has 0 saturated heterocycles. The van der Waals surface area contributed by atoms with Crippen molar-refractivity contribution < 1.29 is 14.6 Å². The van der Waals surface area contributed by atoms with Crippen LogP contribution in [0.4, 0.5) is 4.79 Å². The Morgan fingerprint density at radius 2 is 2.14 bits per heavy atom. The minimum atomic E-state index is -0.497. The maximum Gasteiger partial charge on any atom is 0.407 e. The fourth-order valence-corrected chi connectivity index (χ4v) is 1.41. The molecule has 84 valence electrons. The predicted molar refractivity (Wildman–Crippen MR) is 58.6 cm³/mol. The Morgan fingerprint density at radius 3 is 2.50 bits per heavy atom. The standard InChI is InChI=1S/C9H19NO3S/c1-9(2,3)13-8(12)10-7(5-11)6-14-4/h7,11H,5-6H2,1-4H3,(H,10,12)/t7-/m0/s1. The first kappa shape index (κ1) is 13.6. The van der Waals surface area contributed by atoms with Gasteiger partial charge in [-0.3, -0.25) is 0 Å². The van der Waals surface area contributed by atoms with Crippen molar-refractivity contribution in [2.75, 3.05) is 18.6 Å². The highest BCUT2D eigenvalue weighted by atomic mass is 32.2. The highest BCUT2D eigenvalue weighted by Crippen LogP contribution is 2.07. The van der Waals surface area contributed by atoms with E-state index in [9.17, 15) is 4.79 Å². The second-order valence-corrected chi connectivity index (χ2v) is 4.89. The van der Waals surface area contributed by atoms with Crippen LogP contribution in [-0.2, 0) is 4.74 Å². The molecule has 0 radical (unpaired) electrons. The van der Waals surface area contributed by atoms with E-state index >= 15 is 0 Å². The summed E-state index contributed by atoms with van der Waals surface area (Å²) in [5.74, 6) is 0.676. The van der Waals surface area contributed by atoms with Crippen LogP contribution in [0.15, 0.2) is 0 Å².